The Kier molecular flexibility index (Phi) is 3.50. The van der Waals surface area contributed by atoms with Crippen molar-refractivity contribution in [1.29, 1.82) is 0 Å². The van der Waals surface area contributed by atoms with Gasteiger partial charge in [-0.3, -0.25) is 0 Å². The predicted octanol–water partition coefficient (Wildman–Crippen LogP) is 6.55. The van der Waals surface area contributed by atoms with E-state index >= 15 is 0 Å². The molecule has 3 aromatic rings. The molecule has 4 rings (SSSR count). The lowest BCUT2D eigenvalue weighted by molar-refractivity contribution is 0.106. The molecule has 0 bridgehead atoms. The molecule has 0 aromatic heterocycles. The van der Waals surface area contributed by atoms with Gasteiger partial charge in [-0.1, -0.05) is 46.3 Å². The molecule has 0 radical (unpaired) electrons. The highest BCUT2D eigenvalue weighted by molar-refractivity contribution is 9.10. The number of rotatable bonds is 1. The third-order valence-corrected chi connectivity index (χ3v) is 4.86. The van der Waals surface area contributed by atoms with Crippen LogP contribution in [0.4, 0.5) is 4.39 Å². The van der Waals surface area contributed by atoms with Gasteiger partial charge in [0, 0.05) is 15.6 Å². The molecule has 0 fully saturated rings. The minimum Gasteiger partial charge on any atom is -0.482 e. The smallest absolute Gasteiger partial charge is 0.129 e. The van der Waals surface area contributed by atoms with Gasteiger partial charge in [0.2, 0.25) is 0 Å². The first-order valence-corrected chi connectivity index (χ1v) is 8.63. The number of benzene rings is 3. The lowest BCUT2D eigenvalue weighted by Gasteiger charge is -2.35. The maximum atomic E-state index is 13.7. The van der Waals surface area contributed by atoms with Crippen LogP contribution in [0.15, 0.2) is 65.1 Å². The normalized spacial score (nSPS) is 14.5. The molecular formula is C21H16BrFO. The van der Waals surface area contributed by atoms with Crippen molar-refractivity contribution in [1.82, 2.24) is 0 Å². The highest BCUT2D eigenvalue weighted by Crippen LogP contribution is 2.46. The van der Waals surface area contributed by atoms with Gasteiger partial charge in [0.1, 0.15) is 17.2 Å². The summed E-state index contributed by atoms with van der Waals surface area (Å²) in [6.07, 6.45) is 0. The van der Waals surface area contributed by atoms with Crippen molar-refractivity contribution in [3.63, 3.8) is 0 Å². The summed E-state index contributed by atoms with van der Waals surface area (Å²) in [5.74, 6) is 0.604. The first-order chi connectivity index (χ1) is 11.4. The van der Waals surface area contributed by atoms with Crippen molar-refractivity contribution in [3.8, 4) is 28.0 Å². The van der Waals surface area contributed by atoms with E-state index in [1.807, 2.05) is 30.3 Å². The Hall–Kier alpha value is -2.13. The van der Waals surface area contributed by atoms with Gasteiger partial charge in [0.25, 0.3) is 0 Å². The van der Waals surface area contributed by atoms with E-state index < -0.39 is 0 Å². The van der Waals surface area contributed by atoms with Crippen molar-refractivity contribution in [2.24, 2.45) is 0 Å². The fourth-order valence-electron chi connectivity index (χ4n) is 3.30. The van der Waals surface area contributed by atoms with Crippen molar-refractivity contribution >= 4 is 15.9 Å². The monoisotopic (exact) mass is 382 g/mol. The standard InChI is InChI=1S/C21H16BrFO/c1-21(2)19-6-4-3-5-17(19)18-11-13(7-8-20(18)24-21)14-9-15(22)12-16(23)10-14/h3-12H,1-2H3. The van der Waals surface area contributed by atoms with E-state index in [2.05, 4.69) is 48.0 Å². The van der Waals surface area contributed by atoms with Crippen LogP contribution in [0.3, 0.4) is 0 Å². The van der Waals surface area contributed by atoms with Gasteiger partial charge in [-0.2, -0.15) is 0 Å². The molecule has 3 heteroatoms. The van der Waals surface area contributed by atoms with Crippen LogP contribution in [0, 0.1) is 5.82 Å². The van der Waals surface area contributed by atoms with Crippen molar-refractivity contribution in [2.75, 3.05) is 0 Å². The minimum atomic E-state index is -0.368. The van der Waals surface area contributed by atoms with Gasteiger partial charge in [-0.05, 0) is 60.9 Å². The molecule has 1 aliphatic heterocycles. The number of hydrogen-bond donors (Lipinski definition) is 0. The Bertz CT molecular complexity index is 926. The maximum absolute atomic E-state index is 13.7. The maximum Gasteiger partial charge on any atom is 0.129 e. The second-order valence-electron chi connectivity index (χ2n) is 6.53. The molecule has 1 nitrogen and oxygen atoms in total. The zero-order chi connectivity index (χ0) is 16.9. The van der Waals surface area contributed by atoms with E-state index in [-0.39, 0.29) is 11.4 Å². The highest BCUT2D eigenvalue weighted by Gasteiger charge is 2.32. The molecule has 0 amide bonds. The summed E-state index contributed by atoms with van der Waals surface area (Å²) >= 11 is 3.36. The second kappa shape index (κ2) is 5.45. The highest BCUT2D eigenvalue weighted by atomic mass is 79.9. The molecule has 0 aliphatic carbocycles. The summed E-state index contributed by atoms with van der Waals surface area (Å²) in [5.41, 5.74) is 4.81. The fourth-order valence-corrected chi connectivity index (χ4v) is 3.77. The summed E-state index contributed by atoms with van der Waals surface area (Å²) < 4.78 is 20.7. The van der Waals surface area contributed by atoms with E-state index in [4.69, 9.17) is 4.74 Å². The Morgan fingerprint density at radius 2 is 1.67 bits per heavy atom. The van der Waals surface area contributed by atoms with Crippen LogP contribution in [0.2, 0.25) is 0 Å². The largest absolute Gasteiger partial charge is 0.482 e. The predicted molar refractivity (Wildman–Crippen MR) is 98.6 cm³/mol. The van der Waals surface area contributed by atoms with E-state index in [0.717, 1.165) is 32.5 Å². The number of ether oxygens (including phenoxy) is 1. The molecular weight excluding hydrogens is 367 g/mol. The van der Waals surface area contributed by atoms with Gasteiger partial charge in [0.15, 0.2) is 0 Å². The van der Waals surface area contributed by atoms with Gasteiger partial charge >= 0.3 is 0 Å². The van der Waals surface area contributed by atoms with Crippen molar-refractivity contribution < 1.29 is 9.13 Å². The van der Waals surface area contributed by atoms with Crippen molar-refractivity contribution in [2.45, 2.75) is 19.4 Å². The molecule has 1 aliphatic rings. The molecule has 3 aromatic carbocycles. The van der Waals surface area contributed by atoms with Crippen LogP contribution in [0.1, 0.15) is 19.4 Å². The molecule has 0 spiro atoms. The molecule has 0 atom stereocenters. The molecule has 0 saturated carbocycles. The summed E-state index contributed by atoms with van der Waals surface area (Å²) in [4.78, 5) is 0. The molecule has 0 N–H and O–H groups in total. The number of halogens is 2. The van der Waals surface area contributed by atoms with Crippen LogP contribution < -0.4 is 4.74 Å². The van der Waals surface area contributed by atoms with Gasteiger partial charge in [0.05, 0.1) is 0 Å². The summed E-state index contributed by atoms with van der Waals surface area (Å²) in [7, 11) is 0. The van der Waals surface area contributed by atoms with E-state index in [1.165, 1.54) is 11.6 Å². The quantitative estimate of drug-likeness (QED) is 0.463. The third-order valence-electron chi connectivity index (χ3n) is 4.41. The van der Waals surface area contributed by atoms with E-state index in [0.29, 0.717) is 0 Å². The first kappa shape index (κ1) is 15.4. The van der Waals surface area contributed by atoms with Gasteiger partial charge in [-0.15, -0.1) is 0 Å². The zero-order valence-corrected chi connectivity index (χ0v) is 15.0. The van der Waals surface area contributed by atoms with Crippen LogP contribution in [0.25, 0.3) is 22.3 Å². The average molecular weight is 383 g/mol. The van der Waals surface area contributed by atoms with Crippen molar-refractivity contribution in [3.05, 3.63) is 76.5 Å². The molecule has 120 valence electrons. The Morgan fingerprint density at radius 3 is 2.46 bits per heavy atom. The molecule has 24 heavy (non-hydrogen) atoms. The lowest BCUT2D eigenvalue weighted by Crippen LogP contribution is -2.29. The second-order valence-corrected chi connectivity index (χ2v) is 7.44. The average Bonchev–Trinajstić information content (AvgIpc) is 2.53. The van der Waals surface area contributed by atoms with E-state index in [1.54, 1.807) is 6.07 Å². The molecule has 0 unspecified atom stereocenters. The topological polar surface area (TPSA) is 9.23 Å². The Morgan fingerprint density at radius 1 is 0.875 bits per heavy atom. The summed E-state index contributed by atoms with van der Waals surface area (Å²) in [5, 5.41) is 0. The van der Waals surface area contributed by atoms with Gasteiger partial charge in [-0.25, -0.2) is 4.39 Å². The number of fused-ring (bicyclic) bond motifs is 3. The third kappa shape index (κ3) is 2.53. The van der Waals surface area contributed by atoms with Crippen LogP contribution in [-0.4, -0.2) is 0 Å². The SMILES string of the molecule is CC1(C)Oc2ccc(-c3cc(F)cc(Br)c3)cc2-c2ccccc21. The number of hydrogen-bond acceptors (Lipinski definition) is 1. The summed E-state index contributed by atoms with van der Waals surface area (Å²) in [6, 6.07) is 19.2. The molecule has 0 saturated heterocycles. The molecule has 1 heterocycles. The Balaban J connectivity index is 1.91. The van der Waals surface area contributed by atoms with Crippen LogP contribution in [-0.2, 0) is 5.60 Å². The first-order valence-electron chi connectivity index (χ1n) is 7.83. The Labute approximate surface area is 149 Å². The fraction of sp³-hybridized carbons (Fsp3) is 0.143. The zero-order valence-electron chi connectivity index (χ0n) is 13.4. The lowest BCUT2D eigenvalue weighted by atomic mass is 9.85. The van der Waals surface area contributed by atoms with Crippen LogP contribution in [0.5, 0.6) is 5.75 Å². The minimum absolute atomic E-state index is 0.255. The summed E-state index contributed by atoms with van der Waals surface area (Å²) in [6.45, 7) is 4.15. The van der Waals surface area contributed by atoms with Crippen LogP contribution >= 0.6 is 15.9 Å². The van der Waals surface area contributed by atoms with Gasteiger partial charge < -0.3 is 4.74 Å². The van der Waals surface area contributed by atoms with E-state index in [9.17, 15) is 4.39 Å².